The minimum Gasteiger partial charge on any atom is -0.350 e. The van der Waals surface area contributed by atoms with E-state index in [-0.39, 0.29) is 5.56 Å². The summed E-state index contributed by atoms with van der Waals surface area (Å²) in [4.78, 5) is 27.0. The second-order valence-corrected chi connectivity index (χ2v) is 8.28. The van der Waals surface area contributed by atoms with Crippen LogP contribution in [0.4, 0.5) is 0 Å². The number of benzene rings is 3. The van der Waals surface area contributed by atoms with Crippen molar-refractivity contribution in [3.8, 4) is 22.4 Å². The maximum Gasteiger partial charge on any atom is 0.280 e. The molecule has 0 radical (unpaired) electrons. The van der Waals surface area contributed by atoms with Crippen LogP contribution in [-0.2, 0) is 13.1 Å². The lowest BCUT2D eigenvalue weighted by molar-refractivity contribution is 0.0950. The first-order valence-electron chi connectivity index (χ1n) is 11.8. The lowest BCUT2D eigenvalue weighted by Gasteiger charge is -2.17. The maximum absolute atomic E-state index is 13.5. The zero-order valence-corrected chi connectivity index (χ0v) is 19.5. The number of nitrogens with zero attached hydrogens (tertiary/aromatic N) is 3. The average molecular weight is 463 g/mol. The summed E-state index contributed by atoms with van der Waals surface area (Å²) in [5.41, 5.74) is 3.62. The van der Waals surface area contributed by atoms with E-state index in [0.29, 0.717) is 30.9 Å². The van der Waals surface area contributed by atoms with Crippen LogP contribution in [-0.4, -0.2) is 26.8 Å². The molecule has 5 aromatic rings. The van der Waals surface area contributed by atoms with Crippen molar-refractivity contribution in [1.82, 2.24) is 19.7 Å². The van der Waals surface area contributed by atoms with Gasteiger partial charge in [0.05, 0.1) is 5.69 Å². The quantitative estimate of drug-likeness (QED) is 0.371. The Morgan fingerprint density at radius 1 is 0.857 bits per heavy atom. The molecule has 0 aliphatic rings. The van der Waals surface area contributed by atoms with E-state index >= 15 is 0 Å². The molecule has 0 aliphatic carbocycles. The van der Waals surface area contributed by atoms with E-state index in [1.165, 1.54) is 4.68 Å². The third-order valence-electron chi connectivity index (χ3n) is 6.11. The first kappa shape index (κ1) is 22.3. The fourth-order valence-corrected chi connectivity index (χ4v) is 4.39. The van der Waals surface area contributed by atoms with Gasteiger partial charge in [-0.15, -0.1) is 0 Å². The van der Waals surface area contributed by atoms with E-state index < -0.39 is 11.5 Å². The molecule has 2 aromatic heterocycles. The molecule has 0 fully saturated rings. The predicted molar refractivity (Wildman–Crippen MR) is 139 cm³/mol. The van der Waals surface area contributed by atoms with E-state index in [4.69, 9.17) is 0 Å². The molecule has 6 nitrogen and oxygen atoms in total. The highest BCUT2D eigenvalue weighted by molar-refractivity contribution is 6.03. The zero-order valence-electron chi connectivity index (χ0n) is 19.5. The summed E-state index contributed by atoms with van der Waals surface area (Å²) in [5.74, 6) is -0.396. The summed E-state index contributed by atoms with van der Waals surface area (Å²) >= 11 is 0. The molecule has 0 saturated heterocycles. The van der Waals surface area contributed by atoms with Gasteiger partial charge in [-0.2, -0.15) is 5.10 Å². The Hall–Kier alpha value is -4.45. The highest BCUT2D eigenvalue weighted by atomic mass is 16.2. The Balaban J connectivity index is 1.55. The van der Waals surface area contributed by atoms with E-state index in [0.717, 1.165) is 22.0 Å². The molecule has 0 bridgehead atoms. The number of hydrogen-bond donors (Lipinski definition) is 1. The first-order chi connectivity index (χ1) is 17.2. The fraction of sp³-hybridized carbons (Fsp3) is 0.138. The molecule has 0 atom stereocenters. The van der Waals surface area contributed by atoms with Gasteiger partial charge in [0.1, 0.15) is 5.56 Å². The number of para-hydroxylation sites is 1. The highest BCUT2D eigenvalue weighted by Crippen LogP contribution is 2.32. The minimum atomic E-state index is -0.396. The van der Waals surface area contributed by atoms with Crippen molar-refractivity contribution in [2.45, 2.75) is 20.0 Å². The molecular formula is C29H26N4O2. The minimum absolute atomic E-state index is 0.115. The van der Waals surface area contributed by atoms with Gasteiger partial charge in [-0.3, -0.25) is 9.59 Å². The summed E-state index contributed by atoms with van der Waals surface area (Å²) in [7, 11) is 0. The molecule has 2 heterocycles. The Morgan fingerprint density at radius 2 is 1.51 bits per heavy atom. The van der Waals surface area contributed by atoms with Crippen LogP contribution in [0.5, 0.6) is 0 Å². The molecule has 35 heavy (non-hydrogen) atoms. The second-order valence-electron chi connectivity index (χ2n) is 8.28. The number of rotatable bonds is 7. The van der Waals surface area contributed by atoms with E-state index in [9.17, 15) is 9.59 Å². The summed E-state index contributed by atoms with van der Waals surface area (Å²) in [6.45, 7) is 3.20. The number of aromatic nitrogens is 3. The van der Waals surface area contributed by atoms with E-state index in [2.05, 4.69) is 33.2 Å². The van der Waals surface area contributed by atoms with E-state index in [1.807, 2.05) is 85.9 Å². The Kier molecular flexibility index (Phi) is 6.26. The number of nitrogens with one attached hydrogen (secondary N) is 1. The van der Waals surface area contributed by atoms with Crippen LogP contribution in [0.1, 0.15) is 17.3 Å². The van der Waals surface area contributed by atoms with Crippen molar-refractivity contribution in [3.05, 3.63) is 113 Å². The van der Waals surface area contributed by atoms with Crippen LogP contribution in [0.25, 0.3) is 33.3 Å². The van der Waals surface area contributed by atoms with Crippen LogP contribution in [0.15, 0.2) is 102 Å². The van der Waals surface area contributed by atoms with Gasteiger partial charge in [-0.1, -0.05) is 78.9 Å². The maximum atomic E-state index is 13.5. The van der Waals surface area contributed by atoms with Gasteiger partial charge in [0.15, 0.2) is 0 Å². The van der Waals surface area contributed by atoms with Gasteiger partial charge >= 0.3 is 0 Å². The molecule has 5 rings (SSSR count). The monoisotopic (exact) mass is 462 g/mol. The van der Waals surface area contributed by atoms with Crippen LogP contribution in [0, 0.1) is 0 Å². The molecule has 0 spiro atoms. The number of carbonyl (C=O) groups is 1. The van der Waals surface area contributed by atoms with Crippen molar-refractivity contribution in [3.63, 3.8) is 0 Å². The standard InChI is InChI=1S/C29H26N4O2/c1-2-33-29(35)26(28(34)30-18-20-32-19-17-21-11-9-10-16-24(21)32)25(22-12-5-3-6-13-22)27(31-33)23-14-7-4-8-15-23/h3-17,19H,2,18,20H2,1H3,(H,30,34). The third-order valence-corrected chi connectivity index (χ3v) is 6.11. The van der Waals surface area contributed by atoms with Gasteiger partial charge < -0.3 is 9.88 Å². The third kappa shape index (κ3) is 4.38. The molecule has 3 aromatic carbocycles. The molecular weight excluding hydrogens is 436 g/mol. The van der Waals surface area contributed by atoms with Crippen LogP contribution >= 0.6 is 0 Å². The van der Waals surface area contributed by atoms with Crippen LogP contribution in [0.2, 0.25) is 0 Å². The van der Waals surface area contributed by atoms with Crippen molar-refractivity contribution in [2.75, 3.05) is 6.54 Å². The number of aryl methyl sites for hydroxylation is 1. The molecule has 6 heteroatoms. The fourth-order valence-electron chi connectivity index (χ4n) is 4.39. The van der Waals surface area contributed by atoms with Crippen LogP contribution < -0.4 is 10.9 Å². The van der Waals surface area contributed by atoms with Gasteiger partial charge in [0.2, 0.25) is 0 Å². The molecule has 0 saturated carbocycles. The van der Waals surface area contributed by atoms with Crippen LogP contribution in [0.3, 0.4) is 0 Å². The second kappa shape index (κ2) is 9.81. The zero-order chi connectivity index (χ0) is 24.2. The van der Waals surface area contributed by atoms with E-state index in [1.54, 1.807) is 0 Å². The normalized spacial score (nSPS) is 11.0. The first-order valence-corrected chi connectivity index (χ1v) is 11.8. The predicted octanol–water partition coefficient (Wildman–Crippen LogP) is 4.98. The number of amides is 1. The van der Waals surface area contributed by atoms with Crippen molar-refractivity contribution >= 4 is 16.8 Å². The number of hydrogen-bond acceptors (Lipinski definition) is 3. The van der Waals surface area contributed by atoms with Crippen molar-refractivity contribution in [2.24, 2.45) is 0 Å². The van der Waals surface area contributed by atoms with Crippen molar-refractivity contribution < 1.29 is 4.79 Å². The number of carbonyl (C=O) groups excluding carboxylic acids is 1. The summed E-state index contributed by atoms with van der Waals surface area (Å²) in [6.07, 6.45) is 2.01. The lowest BCUT2D eigenvalue weighted by Crippen LogP contribution is -2.36. The Morgan fingerprint density at radius 3 is 2.23 bits per heavy atom. The molecule has 0 aliphatic heterocycles. The van der Waals surface area contributed by atoms with Crippen molar-refractivity contribution in [1.29, 1.82) is 0 Å². The molecule has 1 amide bonds. The SMILES string of the molecule is CCn1nc(-c2ccccc2)c(-c2ccccc2)c(C(=O)NCCn2ccc3ccccc32)c1=O. The summed E-state index contributed by atoms with van der Waals surface area (Å²) in [5, 5.41) is 8.79. The summed E-state index contributed by atoms with van der Waals surface area (Å²) in [6, 6.07) is 29.4. The largest absolute Gasteiger partial charge is 0.350 e. The van der Waals surface area contributed by atoms with Gasteiger partial charge in [0, 0.05) is 42.5 Å². The van der Waals surface area contributed by atoms with Gasteiger partial charge in [0.25, 0.3) is 11.5 Å². The smallest absolute Gasteiger partial charge is 0.280 e. The molecule has 1 N–H and O–H groups in total. The summed E-state index contributed by atoms with van der Waals surface area (Å²) < 4.78 is 3.46. The Bertz CT molecular complexity index is 1540. The Labute approximate surface area is 203 Å². The average Bonchev–Trinajstić information content (AvgIpc) is 3.32. The lowest BCUT2D eigenvalue weighted by atomic mass is 9.95. The number of fused-ring (bicyclic) bond motifs is 1. The topological polar surface area (TPSA) is 68.9 Å². The van der Waals surface area contributed by atoms with Gasteiger partial charge in [-0.05, 0) is 30.0 Å². The molecule has 0 unspecified atom stereocenters. The van der Waals surface area contributed by atoms with Gasteiger partial charge in [-0.25, -0.2) is 4.68 Å². The highest BCUT2D eigenvalue weighted by Gasteiger charge is 2.24. The molecule has 174 valence electrons.